The van der Waals surface area contributed by atoms with Crippen molar-refractivity contribution in [2.24, 2.45) is 7.05 Å². The van der Waals surface area contributed by atoms with Gasteiger partial charge in [0.15, 0.2) is 5.58 Å². The van der Waals surface area contributed by atoms with E-state index in [1.54, 1.807) is 32.4 Å². The molecule has 27 heavy (non-hydrogen) atoms. The number of rotatable bonds is 3. The van der Waals surface area contributed by atoms with Gasteiger partial charge in [0.2, 0.25) is 0 Å². The first-order valence-corrected chi connectivity index (χ1v) is 8.88. The molecule has 0 saturated carbocycles. The number of hydrogen-bond donors (Lipinski definition) is 1. The molecule has 0 spiro atoms. The first kappa shape index (κ1) is 17.2. The molecule has 1 aromatic heterocycles. The second kappa shape index (κ2) is 6.83. The fraction of sp³-hybridized carbons (Fsp3) is 0.300. The van der Waals surface area contributed by atoms with Gasteiger partial charge in [-0.1, -0.05) is 18.2 Å². The molecular formula is C20H21N3O4. The summed E-state index contributed by atoms with van der Waals surface area (Å²) >= 11 is 0. The average molecular weight is 367 g/mol. The topological polar surface area (TPSA) is 76.7 Å². The lowest BCUT2D eigenvalue weighted by molar-refractivity contribution is 0.206. The van der Waals surface area contributed by atoms with E-state index in [0.717, 1.165) is 24.2 Å². The Morgan fingerprint density at radius 2 is 2.07 bits per heavy atom. The van der Waals surface area contributed by atoms with Crippen molar-refractivity contribution in [3.63, 3.8) is 0 Å². The maximum absolute atomic E-state index is 12.9. The Labute approximate surface area is 156 Å². The van der Waals surface area contributed by atoms with Gasteiger partial charge in [-0.25, -0.2) is 9.59 Å². The Bertz CT molecular complexity index is 1050. The van der Waals surface area contributed by atoms with Crippen molar-refractivity contribution in [3.8, 4) is 5.75 Å². The second-order valence-corrected chi connectivity index (χ2v) is 6.63. The van der Waals surface area contributed by atoms with Crippen LogP contribution in [-0.2, 0) is 7.05 Å². The fourth-order valence-electron chi connectivity index (χ4n) is 3.68. The lowest BCUT2D eigenvalue weighted by atomic mass is 10.0. The number of carbonyl (C=O) groups is 1. The van der Waals surface area contributed by atoms with Gasteiger partial charge in [-0.15, -0.1) is 0 Å². The number of nitrogens with one attached hydrogen (secondary N) is 1. The van der Waals surface area contributed by atoms with Crippen molar-refractivity contribution >= 4 is 22.8 Å². The molecule has 2 amide bonds. The summed E-state index contributed by atoms with van der Waals surface area (Å²) in [5.41, 5.74) is 2.73. The lowest BCUT2D eigenvalue weighted by Crippen LogP contribution is -2.34. The number of amides is 2. The van der Waals surface area contributed by atoms with Crippen molar-refractivity contribution in [1.82, 2.24) is 9.47 Å². The molecule has 2 heterocycles. The van der Waals surface area contributed by atoms with Crippen LogP contribution < -0.4 is 15.8 Å². The van der Waals surface area contributed by atoms with Crippen molar-refractivity contribution in [2.45, 2.75) is 18.9 Å². The second-order valence-electron chi connectivity index (χ2n) is 6.63. The molecule has 1 aliphatic heterocycles. The van der Waals surface area contributed by atoms with Crippen molar-refractivity contribution in [3.05, 3.63) is 58.6 Å². The molecule has 7 nitrogen and oxygen atoms in total. The lowest BCUT2D eigenvalue weighted by Gasteiger charge is -2.26. The molecule has 2 aromatic carbocycles. The fourth-order valence-corrected chi connectivity index (χ4v) is 3.68. The Morgan fingerprint density at radius 3 is 2.89 bits per heavy atom. The van der Waals surface area contributed by atoms with Gasteiger partial charge < -0.3 is 19.4 Å². The first-order valence-electron chi connectivity index (χ1n) is 8.88. The molecule has 1 atom stereocenters. The van der Waals surface area contributed by atoms with Crippen molar-refractivity contribution in [2.75, 3.05) is 19.0 Å². The van der Waals surface area contributed by atoms with Crippen LogP contribution >= 0.6 is 0 Å². The molecule has 1 saturated heterocycles. The summed E-state index contributed by atoms with van der Waals surface area (Å²) < 4.78 is 12.1. The highest BCUT2D eigenvalue weighted by Gasteiger charge is 2.31. The van der Waals surface area contributed by atoms with Crippen LogP contribution in [0.2, 0.25) is 0 Å². The van der Waals surface area contributed by atoms with Crippen LogP contribution in [0.4, 0.5) is 10.5 Å². The van der Waals surface area contributed by atoms with Crippen molar-refractivity contribution < 1.29 is 13.9 Å². The zero-order chi connectivity index (χ0) is 19.0. The summed E-state index contributed by atoms with van der Waals surface area (Å²) in [6.07, 6.45) is 1.82. The molecular weight excluding hydrogens is 346 g/mol. The van der Waals surface area contributed by atoms with E-state index in [4.69, 9.17) is 9.15 Å². The molecule has 4 rings (SSSR count). The summed E-state index contributed by atoms with van der Waals surface area (Å²) in [5, 5.41) is 2.92. The van der Waals surface area contributed by atoms with Crippen LogP contribution in [0.15, 0.2) is 51.7 Å². The molecule has 1 unspecified atom stereocenters. The molecule has 1 aliphatic rings. The molecule has 140 valence electrons. The number of anilines is 1. The Hall–Kier alpha value is -3.22. The molecule has 0 radical (unpaired) electrons. The van der Waals surface area contributed by atoms with Gasteiger partial charge in [0, 0.05) is 30.9 Å². The highest BCUT2D eigenvalue weighted by Crippen LogP contribution is 2.37. The maximum Gasteiger partial charge on any atom is 0.419 e. The molecule has 1 N–H and O–H groups in total. The third-order valence-electron chi connectivity index (χ3n) is 5.06. The maximum atomic E-state index is 12.9. The summed E-state index contributed by atoms with van der Waals surface area (Å²) in [4.78, 5) is 26.3. The summed E-state index contributed by atoms with van der Waals surface area (Å²) in [6.45, 7) is 0.678. The van der Waals surface area contributed by atoms with Crippen LogP contribution in [-0.4, -0.2) is 29.2 Å². The van der Waals surface area contributed by atoms with E-state index < -0.39 is 5.76 Å². The minimum atomic E-state index is -0.427. The van der Waals surface area contributed by atoms with Crippen LogP contribution in [0.3, 0.4) is 0 Å². The molecule has 0 bridgehead atoms. The highest BCUT2D eigenvalue weighted by atomic mass is 16.5. The molecule has 0 aliphatic carbocycles. The number of fused-ring (bicyclic) bond motifs is 1. The summed E-state index contributed by atoms with van der Waals surface area (Å²) in [7, 11) is 3.29. The van der Waals surface area contributed by atoms with E-state index in [1.807, 2.05) is 29.2 Å². The van der Waals surface area contributed by atoms with Gasteiger partial charge in [0.1, 0.15) is 5.75 Å². The van der Waals surface area contributed by atoms with Gasteiger partial charge in [-0.2, -0.15) is 0 Å². The number of para-hydroxylation sites is 1. The van der Waals surface area contributed by atoms with E-state index in [2.05, 4.69) is 5.32 Å². The standard InChI is InChI=1S/C20H21N3O4/c1-22-16-10-9-13(12-18(16)27-20(22)25)21-19(24)23-11-5-7-15(23)14-6-3-4-8-17(14)26-2/h3-4,6,8-10,12,15H,5,7,11H2,1-2H3,(H,21,24). The van der Waals surface area contributed by atoms with E-state index >= 15 is 0 Å². The summed E-state index contributed by atoms with van der Waals surface area (Å²) in [6, 6.07) is 12.8. The number of nitrogens with zero attached hydrogens (tertiary/aromatic N) is 2. The first-order chi connectivity index (χ1) is 13.1. The number of likely N-dealkylation sites (tertiary alicyclic amines) is 1. The minimum Gasteiger partial charge on any atom is -0.496 e. The third kappa shape index (κ3) is 3.05. The number of aromatic nitrogens is 1. The third-order valence-corrected chi connectivity index (χ3v) is 5.06. The Balaban J connectivity index is 1.58. The van der Waals surface area contributed by atoms with Crippen LogP contribution in [0, 0.1) is 0 Å². The average Bonchev–Trinajstić information content (AvgIpc) is 3.27. The van der Waals surface area contributed by atoms with Gasteiger partial charge in [-0.3, -0.25) is 4.57 Å². The molecule has 7 heteroatoms. The van der Waals surface area contributed by atoms with Crippen LogP contribution in [0.1, 0.15) is 24.4 Å². The van der Waals surface area contributed by atoms with E-state index in [-0.39, 0.29) is 12.1 Å². The Morgan fingerprint density at radius 1 is 1.26 bits per heavy atom. The highest BCUT2D eigenvalue weighted by molar-refractivity contribution is 5.92. The van der Waals surface area contributed by atoms with E-state index in [0.29, 0.717) is 23.3 Å². The van der Waals surface area contributed by atoms with Crippen LogP contribution in [0.5, 0.6) is 5.75 Å². The number of oxazole rings is 1. The minimum absolute atomic E-state index is 0.0282. The monoisotopic (exact) mass is 367 g/mol. The number of aryl methyl sites for hydroxylation is 1. The zero-order valence-electron chi connectivity index (χ0n) is 15.3. The molecule has 3 aromatic rings. The van der Waals surface area contributed by atoms with Gasteiger partial charge in [0.05, 0.1) is 18.7 Å². The number of methoxy groups -OCH3 is 1. The van der Waals surface area contributed by atoms with Gasteiger partial charge in [0.25, 0.3) is 0 Å². The summed E-state index contributed by atoms with van der Waals surface area (Å²) in [5.74, 6) is 0.360. The van der Waals surface area contributed by atoms with E-state index in [9.17, 15) is 9.59 Å². The number of benzene rings is 2. The van der Waals surface area contributed by atoms with Gasteiger partial charge in [-0.05, 0) is 31.0 Å². The number of carbonyl (C=O) groups excluding carboxylic acids is 1. The Kier molecular flexibility index (Phi) is 4.35. The normalized spacial score (nSPS) is 16.7. The largest absolute Gasteiger partial charge is 0.496 e. The van der Waals surface area contributed by atoms with E-state index in [1.165, 1.54) is 4.57 Å². The quantitative estimate of drug-likeness (QED) is 0.769. The number of urea groups is 1. The smallest absolute Gasteiger partial charge is 0.419 e. The zero-order valence-corrected chi connectivity index (χ0v) is 15.3. The van der Waals surface area contributed by atoms with Crippen LogP contribution in [0.25, 0.3) is 11.1 Å². The predicted molar refractivity (Wildman–Crippen MR) is 102 cm³/mol. The number of ether oxygens (including phenoxy) is 1. The van der Waals surface area contributed by atoms with Crippen molar-refractivity contribution in [1.29, 1.82) is 0 Å². The molecule has 1 fully saturated rings. The predicted octanol–water partition coefficient (Wildman–Crippen LogP) is 3.51. The SMILES string of the molecule is COc1ccccc1C1CCCN1C(=O)Nc1ccc2c(c1)oc(=O)n2C. The van der Waals surface area contributed by atoms with Gasteiger partial charge >= 0.3 is 11.8 Å². The number of hydrogen-bond acceptors (Lipinski definition) is 4.